The molecule has 0 aromatic heterocycles. The van der Waals surface area contributed by atoms with Gasteiger partial charge in [-0.1, -0.05) is 13.3 Å². The number of nitrogens with two attached hydrogens (primary N) is 1. The van der Waals surface area contributed by atoms with Crippen LogP contribution in [0.4, 0.5) is 8.78 Å². The van der Waals surface area contributed by atoms with Gasteiger partial charge in [0.15, 0.2) is 0 Å². The van der Waals surface area contributed by atoms with Gasteiger partial charge in [-0.15, -0.1) is 0 Å². The first-order valence-electron chi connectivity index (χ1n) is 4.64. The third kappa shape index (κ3) is 5.11. The summed E-state index contributed by atoms with van der Waals surface area (Å²) in [6.07, 6.45) is 0.262. The lowest BCUT2D eigenvalue weighted by Gasteiger charge is -2.18. The first kappa shape index (κ1) is 13.3. The van der Waals surface area contributed by atoms with Crippen molar-refractivity contribution in [2.75, 3.05) is 7.11 Å². The van der Waals surface area contributed by atoms with Gasteiger partial charge in [-0.3, -0.25) is 4.79 Å². The molecule has 3 nitrogen and oxygen atoms in total. The van der Waals surface area contributed by atoms with Gasteiger partial charge in [0.25, 0.3) is 0 Å². The van der Waals surface area contributed by atoms with E-state index in [1.165, 1.54) is 0 Å². The molecule has 0 rings (SSSR count). The van der Waals surface area contributed by atoms with E-state index in [0.717, 1.165) is 7.11 Å². The molecule has 0 aliphatic carbocycles. The van der Waals surface area contributed by atoms with Crippen LogP contribution in [-0.2, 0) is 9.53 Å². The van der Waals surface area contributed by atoms with E-state index in [1.807, 2.05) is 6.92 Å². The van der Waals surface area contributed by atoms with Gasteiger partial charge in [0.2, 0.25) is 5.92 Å². The number of carbonyl (C=O) groups excluding carboxylic acids is 1. The zero-order chi connectivity index (χ0) is 11.2. The molecule has 0 aromatic rings. The highest BCUT2D eigenvalue weighted by molar-refractivity contribution is 5.75. The van der Waals surface area contributed by atoms with Crippen molar-refractivity contribution in [3.63, 3.8) is 0 Å². The Balaban J connectivity index is 4.00. The maximum Gasteiger partial charge on any atom is 0.322 e. The fraction of sp³-hybridized carbons (Fsp3) is 0.889. The molecule has 0 saturated carbocycles. The molecule has 0 radical (unpaired) electrons. The number of rotatable bonds is 6. The van der Waals surface area contributed by atoms with Crippen molar-refractivity contribution < 1.29 is 18.3 Å². The fourth-order valence-electron chi connectivity index (χ4n) is 1.09. The average Bonchev–Trinajstić information content (AvgIpc) is 2.12. The maximum absolute atomic E-state index is 13.1. The Morgan fingerprint density at radius 1 is 1.57 bits per heavy atom. The van der Waals surface area contributed by atoms with Crippen molar-refractivity contribution in [2.45, 2.75) is 44.6 Å². The summed E-state index contributed by atoms with van der Waals surface area (Å²) in [5.74, 6) is -3.66. The molecule has 14 heavy (non-hydrogen) atoms. The predicted octanol–water partition coefficient (Wildman–Crippen LogP) is 1.70. The lowest BCUT2D eigenvalue weighted by atomic mass is 10.0. The second-order valence-corrected chi connectivity index (χ2v) is 3.29. The summed E-state index contributed by atoms with van der Waals surface area (Å²) in [6.45, 7) is 1.83. The Bertz CT molecular complexity index is 186. The Morgan fingerprint density at radius 2 is 2.14 bits per heavy atom. The Hall–Kier alpha value is -0.710. The van der Waals surface area contributed by atoms with Crippen molar-refractivity contribution in [1.82, 2.24) is 0 Å². The smallest absolute Gasteiger partial charge is 0.322 e. The van der Waals surface area contributed by atoms with E-state index in [9.17, 15) is 13.6 Å². The van der Waals surface area contributed by atoms with E-state index in [-0.39, 0.29) is 6.42 Å². The average molecular weight is 209 g/mol. The molecule has 0 fully saturated rings. The fourth-order valence-corrected chi connectivity index (χ4v) is 1.09. The first-order valence-corrected chi connectivity index (χ1v) is 4.64. The van der Waals surface area contributed by atoms with Crippen molar-refractivity contribution >= 4 is 5.97 Å². The number of hydrogen-bond acceptors (Lipinski definition) is 3. The Morgan fingerprint density at radius 3 is 2.57 bits per heavy atom. The number of ether oxygens (including phenoxy) is 1. The van der Waals surface area contributed by atoms with Crippen LogP contribution < -0.4 is 5.73 Å². The molecule has 0 bridgehead atoms. The predicted molar refractivity (Wildman–Crippen MR) is 49.1 cm³/mol. The van der Waals surface area contributed by atoms with Crippen molar-refractivity contribution in [1.29, 1.82) is 0 Å². The van der Waals surface area contributed by atoms with E-state index < -0.39 is 24.4 Å². The van der Waals surface area contributed by atoms with Crippen LogP contribution in [0, 0.1) is 0 Å². The lowest BCUT2D eigenvalue weighted by molar-refractivity contribution is -0.145. The first-order chi connectivity index (χ1) is 6.43. The van der Waals surface area contributed by atoms with Crippen molar-refractivity contribution in [3.8, 4) is 0 Å². The van der Waals surface area contributed by atoms with Gasteiger partial charge in [-0.25, -0.2) is 8.78 Å². The van der Waals surface area contributed by atoms with Crippen LogP contribution >= 0.6 is 0 Å². The van der Waals surface area contributed by atoms with E-state index in [2.05, 4.69) is 4.74 Å². The van der Waals surface area contributed by atoms with E-state index >= 15 is 0 Å². The molecule has 0 aromatic carbocycles. The minimum atomic E-state index is -2.87. The molecule has 1 unspecified atom stereocenters. The molecule has 0 aliphatic rings. The number of methoxy groups -OCH3 is 1. The van der Waals surface area contributed by atoms with Crippen LogP contribution in [0.3, 0.4) is 0 Å². The second-order valence-electron chi connectivity index (χ2n) is 3.29. The van der Waals surface area contributed by atoms with Crippen LogP contribution in [0.5, 0.6) is 0 Å². The van der Waals surface area contributed by atoms with E-state index in [4.69, 9.17) is 5.73 Å². The minimum absolute atomic E-state index is 0.228. The third-order valence-electron chi connectivity index (χ3n) is 1.92. The third-order valence-corrected chi connectivity index (χ3v) is 1.92. The summed E-state index contributed by atoms with van der Waals surface area (Å²) >= 11 is 0. The monoisotopic (exact) mass is 209 g/mol. The topological polar surface area (TPSA) is 52.3 Å². The minimum Gasteiger partial charge on any atom is -0.468 e. The SMILES string of the molecule is CCCCC(F)(F)CC(N)C(=O)OC. The van der Waals surface area contributed by atoms with Crippen LogP contribution in [0.15, 0.2) is 0 Å². The molecule has 2 N–H and O–H groups in total. The number of hydrogen-bond donors (Lipinski definition) is 1. The standard InChI is InChI=1S/C9H17F2NO2/c1-3-4-5-9(10,11)6-7(12)8(13)14-2/h7H,3-6,12H2,1-2H3. The number of unbranched alkanes of at least 4 members (excludes halogenated alkanes) is 1. The van der Waals surface area contributed by atoms with Gasteiger partial charge in [0, 0.05) is 12.8 Å². The molecule has 1 atom stereocenters. The second kappa shape index (κ2) is 5.90. The molecule has 0 amide bonds. The quantitative estimate of drug-likeness (QED) is 0.677. The van der Waals surface area contributed by atoms with Crippen molar-refractivity contribution in [2.24, 2.45) is 5.73 Å². The highest BCUT2D eigenvalue weighted by Crippen LogP contribution is 2.26. The lowest BCUT2D eigenvalue weighted by Crippen LogP contribution is -2.37. The molecule has 0 saturated heterocycles. The van der Waals surface area contributed by atoms with Gasteiger partial charge in [0.1, 0.15) is 6.04 Å². The molecule has 0 heterocycles. The largest absolute Gasteiger partial charge is 0.468 e. The highest BCUT2D eigenvalue weighted by atomic mass is 19.3. The normalized spacial score (nSPS) is 13.8. The molecule has 0 aliphatic heterocycles. The summed E-state index contributed by atoms with van der Waals surface area (Å²) in [6, 6.07) is -1.23. The van der Waals surface area contributed by atoms with Crippen molar-refractivity contribution in [3.05, 3.63) is 0 Å². The van der Waals surface area contributed by atoms with E-state index in [1.54, 1.807) is 0 Å². The highest BCUT2D eigenvalue weighted by Gasteiger charge is 2.33. The molecule has 5 heteroatoms. The summed E-state index contributed by atoms with van der Waals surface area (Å²) in [4.78, 5) is 10.8. The summed E-state index contributed by atoms with van der Waals surface area (Å²) in [5.41, 5.74) is 5.23. The Kier molecular flexibility index (Phi) is 5.60. The maximum atomic E-state index is 13.1. The van der Waals surface area contributed by atoms with Gasteiger partial charge >= 0.3 is 5.97 Å². The van der Waals surface area contributed by atoms with Crippen LogP contribution in [0.1, 0.15) is 32.6 Å². The van der Waals surface area contributed by atoms with Gasteiger partial charge in [-0.05, 0) is 6.42 Å². The van der Waals surface area contributed by atoms with Crippen LogP contribution in [-0.4, -0.2) is 25.0 Å². The summed E-state index contributed by atoms with van der Waals surface area (Å²) in [5, 5.41) is 0. The van der Waals surface area contributed by atoms with Gasteiger partial charge < -0.3 is 10.5 Å². The number of esters is 1. The Labute approximate surface area is 82.6 Å². The molecule has 84 valence electrons. The van der Waals surface area contributed by atoms with Crippen LogP contribution in [0.25, 0.3) is 0 Å². The number of alkyl halides is 2. The summed E-state index contributed by atoms with van der Waals surface area (Å²) < 4.78 is 30.4. The zero-order valence-corrected chi connectivity index (χ0v) is 8.56. The summed E-state index contributed by atoms with van der Waals surface area (Å²) in [7, 11) is 1.13. The van der Waals surface area contributed by atoms with Gasteiger partial charge in [-0.2, -0.15) is 0 Å². The van der Waals surface area contributed by atoms with Gasteiger partial charge in [0.05, 0.1) is 7.11 Å². The number of carbonyl (C=O) groups is 1. The molecular formula is C9H17F2NO2. The molecular weight excluding hydrogens is 192 g/mol. The van der Waals surface area contributed by atoms with Crippen LogP contribution in [0.2, 0.25) is 0 Å². The van der Waals surface area contributed by atoms with E-state index in [0.29, 0.717) is 12.8 Å². The number of halogens is 2. The molecule has 0 spiro atoms. The zero-order valence-electron chi connectivity index (χ0n) is 8.56.